The number of benzene rings is 1. The minimum Gasteiger partial charge on any atom is -0.497 e. The van der Waals surface area contributed by atoms with E-state index in [0.717, 1.165) is 16.1 Å². The van der Waals surface area contributed by atoms with Gasteiger partial charge in [-0.15, -0.1) is 10.2 Å². The van der Waals surface area contributed by atoms with E-state index >= 15 is 0 Å². The van der Waals surface area contributed by atoms with Crippen LogP contribution < -0.4 is 14.8 Å². The smallest absolute Gasteiger partial charge is 0.241 e. The highest BCUT2D eigenvalue weighted by Gasteiger charge is 2.16. The minimum atomic E-state index is -3.42. The van der Waals surface area contributed by atoms with Gasteiger partial charge in [0.1, 0.15) is 11.5 Å². The van der Waals surface area contributed by atoms with Crippen molar-refractivity contribution in [2.75, 3.05) is 39.4 Å². The maximum absolute atomic E-state index is 11.9. The van der Waals surface area contributed by atoms with E-state index < -0.39 is 15.9 Å². The Morgan fingerprint density at radius 2 is 1.85 bits per heavy atom. The van der Waals surface area contributed by atoms with Crippen molar-refractivity contribution in [2.45, 2.75) is 10.1 Å². The molecule has 0 atom stereocenters. The highest BCUT2D eigenvalue weighted by Crippen LogP contribution is 2.31. The van der Waals surface area contributed by atoms with Crippen molar-refractivity contribution in [3.63, 3.8) is 0 Å². The Hall–Kier alpha value is -1.89. The van der Waals surface area contributed by atoms with Gasteiger partial charge in [-0.05, 0) is 17.7 Å². The first-order valence-corrected chi connectivity index (χ1v) is 11.3. The number of nitrogens with zero attached hydrogens (tertiary/aromatic N) is 3. The number of nitrogens with one attached hydrogen (secondary N) is 1. The van der Waals surface area contributed by atoms with E-state index in [1.54, 1.807) is 20.3 Å². The summed E-state index contributed by atoms with van der Waals surface area (Å²) >= 11 is 2.67. The summed E-state index contributed by atoms with van der Waals surface area (Å²) in [5, 5.41) is 10.8. The van der Waals surface area contributed by atoms with Crippen molar-refractivity contribution in [1.82, 2.24) is 14.5 Å². The standard InChI is InChI=1S/C15H20N4O5S3/c1-19(27(4,21)22)8-13(20)16-14-17-18-15(26-14)25-9-10-5-11(23-2)7-12(6-10)24-3/h5-7H,8-9H2,1-4H3,(H,16,17,20). The lowest BCUT2D eigenvalue weighted by Gasteiger charge is -2.12. The number of thioether (sulfide) groups is 1. The summed E-state index contributed by atoms with van der Waals surface area (Å²) in [6.45, 7) is -0.287. The van der Waals surface area contributed by atoms with E-state index in [-0.39, 0.29) is 6.54 Å². The quantitative estimate of drug-likeness (QED) is 0.471. The number of ether oxygens (including phenoxy) is 2. The van der Waals surface area contributed by atoms with Gasteiger partial charge in [0.15, 0.2) is 4.34 Å². The molecule has 0 radical (unpaired) electrons. The van der Waals surface area contributed by atoms with E-state index in [9.17, 15) is 13.2 Å². The fourth-order valence-electron chi connectivity index (χ4n) is 1.89. The average Bonchev–Trinajstić information content (AvgIpc) is 3.05. The predicted molar refractivity (Wildman–Crippen MR) is 105 cm³/mol. The van der Waals surface area contributed by atoms with Gasteiger partial charge in [-0.25, -0.2) is 8.42 Å². The molecule has 148 valence electrons. The first-order chi connectivity index (χ1) is 12.7. The first kappa shape index (κ1) is 21.4. The molecule has 9 nitrogen and oxygen atoms in total. The molecule has 0 spiro atoms. The van der Waals surface area contributed by atoms with Crippen LogP contribution in [-0.2, 0) is 20.6 Å². The lowest BCUT2D eigenvalue weighted by Crippen LogP contribution is -2.34. The fraction of sp³-hybridized carbons (Fsp3) is 0.400. The van der Waals surface area contributed by atoms with Gasteiger partial charge in [0.05, 0.1) is 27.0 Å². The van der Waals surface area contributed by atoms with E-state index in [0.29, 0.717) is 26.7 Å². The molecule has 0 aliphatic heterocycles. The average molecular weight is 433 g/mol. The van der Waals surface area contributed by atoms with Crippen LogP contribution in [0.2, 0.25) is 0 Å². The summed E-state index contributed by atoms with van der Waals surface area (Å²) in [6.07, 6.45) is 1.04. The van der Waals surface area contributed by atoms with Gasteiger partial charge >= 0.3 is 0 Å². The van der Waals surface area contributed by atoms with Crippen molar-refractivity contribution in [3.05, 3.63) is 23.8 Å². The van der Waals surface area contributed by atoms with Crippen molar-refractivity contribution in [1.29, 1.82) is 0 Å². The largest absolute Gasteiger partial charge is 0.497 e. The molecule has 1 aromatic carbocycles. The predicted octanol–water partition coefficient (Wildman–Crippen LogP) is 1.68. The van der Waals surface area contributed by atoms with Crippen LogP contribution in [0.4, 0.5) is 5.13 Å². The van der Waals surface area contributed by atoms with Crippen LogP contribution in [0, 0.1) is 0 Å². The number of carbonyl (C=O) groups is 1. The van der Waals surface area contributed by atoms with Crippen LogP contribution in [0.15, 0.2) is 22.5 Å². The molecule has 0 saturated carbocycles. The van der Waals surface area contributed by atoms with E-state index in [1.807, 2.05) is 12.1 Å². The third-order valence-corrected chi connectivity index (χ3v) is 6.66. The molecular weight excluding hydrogens is 412 g/mol. The SMILES string of the molecule is COc1cc(CSc2nnc(NC(=O)CN(C)S(C)(=O)=O)s2)cc(OC)c1. The number of amides is 1. The molecule has 0 fully saturated rings. The third-order valence-electron chi connectivity index (χ3n) is 3.36. The highest BCUT2D eigenvalue weighted by molar-refractivity contribution is 8.00. The Balaban J connectivity index is 1.93. The Kier molecular flexibility index (Phi) is 7.41. The topological polar surface area (TPSA) is 111 Å². The summed E-state index contributed by atoms with van der Waals surface area (Å²) in [5.41, 5.74) is 0.992. The van der Waals surface area contributed by atoms with Gasteiger partial charge in [-0.2, -0.15) is 4.31 Å². The van der Waals surface area contributed by atoms with Gasteiger partial charge in [0.2, 0.25) is 21.1 Å². The number of carbonyl (C=O) groups excluding carboxylic acids is 1. The summed E-state index contributed by atoms with van der Waals surface area (Å²) < 4.78 is 34.8. The maximum atomic E-state index is 11.9. The summed E-state index contributed by atoms with van der Waals surface area (Å²) in [5.74, 6) is 1.54. The molecular formula is C15H20N4O5S3. The van der Waals surface area contributed by atoms with Crippen LogP contribution in [0.1, 0.15) is 5.56 Å². The molecule has 1 N–H and O–H groups in total. The van der Waals surface area contributed by atoms with E-state index in [2.05, 4.69) is 15.5 Å². The molecule has 0 unspecified atom stereocenters. The highest BCUT2D eigenvalue weighted by atomic mass is 32.2. The van der Waals surface area contributed by atoms with Gasteiger partial charge in [-0.3, -0.25) is 10.1 Å². The van der Waals surface area contributed by atoms with Crippen molar-refractivity contribution in [3.8, 4) is 11.5 Å². The summed E-state index contributed by atoms with van der Waals surface area (Å²) in [7, 11) is 1.09. The summed E-state index contributed by atoms with van der Waals surface area (Å²) in [4.78, 5) is 11.9. The monoisotopic (exact) mass is 432 g/mol. The molecule has 1 amide bonds. The van der Waals surface area contributed by atoms with Crippen molar-refractivity contribution >= 4 is 44.2 Å². The third kappa shape index (κ3) is 6.65. The molecule has 0 aliphatic carbocycles. The number of hydrogen-bond donors (Lipinski definition) is 1. The Bertz CT molecular complexity index is 878. The van der Waals surface area contributed by atoms with Crippen molar-refractivity contribution in [2.24, 2.45) is 0 Å². The molecule has 0 saturated heterocycles. The lowest BCUT2D eigenvalue weighted by molar-refractivity contribution is -0.116. The number of methoxy groups -OCH3 is 2. The van der Waals surface area contributed by atoms with Crippen LogP contribution in [0.3, 0.4) is 0 Å². The van der Waals surface area contributed by atoms with Crippen LogP contribution in [0.5, 0.6) is 11.5 Å². The summed E-state index contributed by atoms with van der Waals surface area (Å²) in [6, 6.07) is 5.60. The Morgan fingerprint density at radius 1 is 1.22 bits per heavy atom. The Labute approximate surface area is 166 Å². The molecule has 0 aliphatic rings. The molecule has 12 heteroatoms. The second-order valence-corrected chi connectivity index (χ2v) is 9.74. The molecule has 1 heterocycles. The lowest BCUT2D eigenvalue weighted by atomic mass is 10.2. The van der Waals surface area contributed by atoms with Gasteiger partial charge < -0.3 is 9.47 Å². The number of sulfonamides is 1. The normalized spacial score (nSPS) is 11.4. The zero-order valence-corrected chi connectivity index (χ0v) is 17.7. The molecule has 2 aromatic rings. The molecule has 0 bridgehead atoms. The number of aromatic nitrogens is 2. The second-order valence-electron chi connectivity index (χ2n) is 5.45. The second kappa shape index (κ2) is 9.35. The maximum Gasteiger partial charge on any atom is 0.241 e. The molecule has 27 heavy (non-hydrogen) atoms. The van der Waals surface area contributed by atoms with E-state index in [4.69, 9.17) is 9.47 Å². The van der Waals surface area contributed by atoms with Crippen molar-refractivity contribution < 1.29 is 22.7 Å². The first-order valence-electron chi connectivity index (χ1n) is 7.60. The molecule has 1 aromatic heterocycles. The zero-order chi connectivity index (χ0) is 20.0. The van der Waals surface area contributed by atoms with Gasteiger partial charge in [-0.1, -0.05) is 23.1 Å². The minimum absolute atomic E-state index is 0.287. The number of rotatable bonds is 9. The van der Waals surface area contributed by atoms with Crippen LogP contribution in [-0.4, -0.2) is 62.9 Å². The zero-order valence-electron chi connectivity index (χ0n) is 15.3. The van der Waals surface area contributed by atoms with Crippen LogP contribution >= 0.6 is 23.1 Å². The molecule has 2 rings (SSSR count). The number of anilines is 1. The van der Waals surface area contributed by atoms with Gasteiger partial charge in [0.25, 0.3) is 0 Å². The fourth-order valence-corrected chi connectivity index (χ4v) is 3.94. The van der Waals surface area contributed by atoms with E-state index in [1.165, 1.54) is 30.1 Å². The number of hydrogen-bond acceptors (Lipinski definition) is 9. The Morgan fingerprint density at radius 3 is 2.41 bits per heavy atom. The van der Waals surface area contributed by atoms with Gasteiger partial charge in [0, 0.05) is 18.9 Å². The number of likely N-dealkylation sites (N-methyl/N-ethyl adjacent to an activating group) is 1. The van der Waals surface area contributed by atoms with Crippen LogP contribution in [0.25, 0.3) is 0 Å².